The Bertz CT molecular complexity index is 330. The predicted octanol–water partition coefficient (Wildman–Crippen LogP) is 1.29. The summed E-state index contributed by atoms with van der Waals surface area (Å²) in [6.07, 6.45) is 6.60. The summed E-state index contributed by atoms with van der Waals surface area (Å²) in [5, 5.41) is 6.45. The minimum Gasteiger partial charge on any atom is -0.351 e. The topological polar surface area (TPSA) is 44.4 Å². The average molecular weight is 265 g/mol. The summed E-state index contributed by atoms with van der Waals surface area (Å²) >= 11 is 0. The predicted molar refractivity (Wildman–Crippen MR) is 78.1 cm³/mol. The Labute approximate surface area is 116 Å². The molecule has 2 rings (SSSR count). The van der Waals surface area contributed by atoms with Gasteiger partial charge >= 0.3 is 0 Å². The van der Waals surface area contributed by atoms with E-state index >= 15 is 0 Å². The Morgan fingerprint density at radius 1 is 1.32 bits per heavy atom. The van der Waals surface area contributed by atoms with Crippen LogP contribution < -0.4 is 10.6 Å². The van der Waals surface area contributed by atoms with Crippen molar-refractivity contribution in [2.75, 3.05) is 26.2 Å². The zero-order valence-corrected chi connectivity index (χ0v) is 12.2. The highest BCUT2D eigenvalue weighted by atomic mass is 16.2. The molecule has 2 heterocycles. The van der Waals surface area contributed by atoms with Crippen LogP contribution in [0.15, 0.2) is 11.6 Å². The van der Waals surface area contributed by atoms with E-state index in [1.54, 1.807) is 0 Å². The van der Waals surface area contributed by atoms with Crippen LogP contribution in [-0.4, -0.2) is 49.1 Å². The van der Waals surface area contributed by atoms with Crippen molar-refractivity contribution in [1.82, 2.24) is 15.5 Å². The first kappa shape index (κ1) is 14.5. The maximum Gasteiger partial charge on any atom is 0.237 e. The minimum atomic E-state index is 0.105. The third kappa shape index (κ3) is 4.05. The smallest absolute Gasteiger partial charge is 0.237 e. The second kappa shape index (κ2) is 7.06. The summed E-state index contributed by atoms with van der Waals surface area (Å²) in [6.45, 7) is 8.05. The third-order valence-corrected chi connectivity index (χ3v) is 4.16. The van der Waals surface area contributed by atoms with Gasteiger partial charge in [-0.1, -0.05) is 11.6 Å². The van der Waals surface area contributed by atoms with Crippen molar-refractivity contribution >= 4 is 5.91 Å². The molecule has 108 valence electrons. The minimum absolute atomic E-state index is 0.105. The lowest BCUT2D eigenvalue weighted by Crippen LogP contribution is -2.50. The van der Waals surface area contributed by atoms with E-state index in [0.717, 1.165) is 32.5 Å². The molecule has 2 saturated heterocycles. The van der Waals surface area contributed by atoms with Crippen LogP contribution in [0.25, 0.3) is 0 Å². The van der Waals surface area contributed by atoms with Crippen molar-refractivity contribution in [1.29, 1.82) is 0 Å². The fourth-order valence-electron chi connectivity index (χ4n) is 3.12. The number of hydrogen-bond acceptors (Lipinski definition) is 3. The Balaban J connectivity index is 1.86. The molecule has 0 aromatic carbocycles. The molecule has 4 heteroatoms. The number of piperidine rings is 1. The van der Waals surface area contributed by atoms with Crippen LogP contribution in [0, 0.1) is 0 Å². The summed E-state index contributed by atoms with van der Waals surface area (Å²) in [4.78, 5) is 14.7. The van der Waals surface area contributed by atoms with Crippen LogP contribution in [0.2, 0.25) is 0 Å². The van der Waals surface area contributed by atoms with Crippen molar-refractivity contribution in [3.05, 3.63) is 11.6 Å². The van der Waals surface area contributed by atoms with Gasteiger partial charge in [0.2, 0.25) is 5.91 Å². The highest BCUT2D eigenvalue weighted by Crippen LogP contribution is 2.24. The maximum absolute atomic E-state index is 12.3. The molecule has 0 bridgehead atoms. The van der Waals surface area contributed by atoms with Gasteiger partial charge < -0.3 is 10.6 Å². The van der Waals surface area contributed by atoms with Gasteiger partial charge in [0, 0.05) is 12.6 Å². The number of hydrogen-bond donors (Lipinski definition) is 2. The lowest BCUT2D eigenvalue weighted by Gasteiger charge is -2.35. The van der Waals surface area contributed by atoms with Crippen LogP contribution in [0.4, 0.5) is 0 Å². The van der Waals surface area contributed by atoms with E-state index in [-0.39, 0.29) is 11.9 Å². The van der Waals surface area contributed by atoms with Crippen LogP contribution in [0.5, 0.6) is 0 Å². The fourth-order valence-corrected chi connectivity index (χ4v) is 3.12. The second-order valence-corrected chi connectivity index (χ2v) is 5.90. The van der Waals surface area contributed by atoms with Gasteiger partial charge in [-0.15, -0.1) is 0 Å². The van der Waals surface area contributed by atoms with Gasteiger partial charge in [-0.3, -0.25) is 9.69 Å². The summed E-state index contributed by atoms with van der Waals surface area (Å²) in [5.41, 5.74) is 1.25. The second-order valence-electron chi connectivity index (χ2n) is 5.90. The largest absolute Gasteiger partial charge is 0.351 e. The van der Waals surface area contributed by atoms with Crippen LogP contribution in [-0.2, 0) is 4.79 Å². The molecule has 0 aliphatic carbocycles. The van der Waals surface area contributed by atoms with Gasteiger partial charge in [0.25, 0.3) is 0 Å². The van der Waals surface area contributed by atoms with E-state index in [1.165, 1.54) is 18.4 Å². The van der Waals surface area contributed by atoms with Gasteiger partial charge in [-0.05, 0) is 59.2 Å². The van der Waals surface area contributed by atoms with E-state index in [1.807, 2.05) is 0 Å². The summed E-state index contributed by atoms with van der Waals surface area (Å²) in [5.74, 6) is 0.216. The lowest BCUT2D eigenvalue weighted by atomic mass is 10.0. The average Bonchev–Trinajstić information content (AvgIpc) is 2.88. The molecule has 0 spiro atoms. The molecule has 0 radical (unpaired) electrons. The molecule has 1 atom stereocenters. The van der Waals surface area contributed by atoms with E-state index in [0.29, 0.717) is 12.6 Å². The molecule has 1 unspecified atom stereocenters. The zero-order chi connectivity index (χ0) is 13.7. The van der Waals surface area contributed by atoms with Crippen molar-refractivity contribution in [2.24, 2.45) is 0 Å². The fraction of sp³-hybridized carbons (Fsp3) is 0.800. The van der Waals surface area contributed by atoms with E-state index in [4.69, 9.17) is 0 Å². The summed E-state index contributed by atoms with van der Waals surface area (Å²) < 4.78 is 0. The molecule has 0 saturated carbocycles. The number of rotatable bonds is 4. The molecule has 0 aromatic heterocycles. The van der Waals surface area contributed by atoms with E-state index < -0.39 is 0 Å². The van der Waals surface area contributed by atoms with Crippen molar-refractivity contribution in [2.45, 2.75) is 51.6 Å². The van der Waals surface area contributed by atoms with Gasteiger partial charge in [0.1, 0.15) is 0 Å². The normalized spacial score (nSPS) is 25.3. The van der Waals surface area contributed by atoms with Crippen LogP contribution in [0.1, 0.15) is 39.5 Å². The summed E-state index contributed by atoms with van der Waals surface area (Å²) in [6, 6.07) is 0.705. The highest BCUT2D eigenvalue weighted by molar-refractivity contribution is 5.82. The van der Waals surface area contributed by atoms with Crippen LogP contribution >= 0.6 is 0 Å². The number of amides is 1. The molecular formula is C15H27N3O. The Morgan fingerprint density at radius 2 is 2.05 bits per heavy atom. The number of carbonyl (C=O) groups is 1. The summed E-state index contributed by atoms with van der Waals surface area (Å²) in [7, 11) is 0. The van der Waals surface area contributed by atoms with Crippen molar-refractivity contribution < 1.29 is 4.79 Å². The number of allylic oxidation sites excluding steroid dienone is 1. The quantitative estimate of drug-likeness (QED) is 0.753. The highest BCUT2D eigenvalue weighted by Gasteiger charge is 2.35. The number of nitrogens with one attached hydrogen (secondary N) is 2. The van der Waals surface area contributed by atoms with E-state index in [2.05, 4.69) is 35.5 Å². The molecular weight excluding hydrogens is 238 g/mol. The number of carbonyl (C=O) groups excluding carboxylic acids is 1. The van der Waals surface area contributed by atoms with Crippen molar-refractivity contribution in [3.8, 4) is 0 Å². The third-order valence-electron chi connectivity index (χ3n) is 4.16. The standard InChI is InChI=1S/C15H27N3O/c1-12(2)5-10-17-15(19)14-4-3-11-18(14)13-6-8-16-9-7-13/h5,13-14,16H,3-4,6-11H2,1-2H3,(H,17,19). The van der Waals surface area contributed by atoms with Crippen molar-refractivity contribution in [3.63, 3.8) is 0 Å². The van der Waals surface area contributed by atoms with Gasteiger partial charge in [0.15, 0.2) is 0 Å². The molecule has 2 fully saturated rings. The first-order valence-corrected chi connectivity index (χ1v) is 7.56. The molecule has 4 nitrogen and oxygen atoms in total. The molecule has 0 aromatic rings. The molecule has 2 aliphatic heterocycles. The molecule has 1 amide bonds. The first-order valence-electron chi connectivity index (χ1n) is 7.56. The monoisotopic (exact) mass is 265 g/mol. The molecule has 2 N–H and O–H groups in total. The van der Waals surface area contributed by atoms with Gasteiger partial charge in [0.05, 0.1) is 6.04 Å². The number of likely N-dealkylation sites (tertiary alicyclic amines) is 1. The Kier molecular flexibility index (Phi) is 5.40. The maximum atomic E-state index is 12.3. The van der Waals surface area contributed by atoms with E-state index in [9.17, 15) is 4.79 Å². The first-order chi connectivity index (χ1) is 9.18. The molecule has 19 heavy (non-hydrogen) atoms. The zero-order valence-electron chi connectivity index (χ0n) is 12.2. The Morgan fingerprint density at radius 3 is 2.74 bits per heavy atom. The lowest BCUT2D eigenvalue weighted by molar-refractivity contribution is -0.126. The molecule has 2 aliphatic rings. The number of nitrogens with zero attached hydrogens (tertiary/aromatic N) is 1. The van der Waals surface area contributed by atoms with Crippen LogP contribution in [0.3, 0.4) is 0 Å². The SMILES string of the molecule is CC(C)=CCNC(=O)C1CCCN1C1CCNCC1. The van der Waals surface area contributed by atoms with Gasteiger partial charge in [-0.2, -0.15) is 0 Å². The Hall–Kier alpha value is -0.870. The van der Waals surface area contributed by atoms with Gasteiger partial charge in [-0.25, -0.2) is 0 Å².